The maximum Gasteiger partial charge on any atom is 0.191 e. The number of nitrogens with zero attached hydrogens (tertiary/aromatic N) is 3. The molecule has 0 atom stereocenters. The normalized spacial score (nSPS) is 20.1. The largest absolute Gasteiger partial charge is 0.355 e. The van der Waals surface area contributed by atoms with E-state index in [9.17, 15) is 0 Å². The van der Waals surface area contributed by atoms with Crippen LogP contribution in [0.15, 0.2) is 47.5 Å². The van der Waals surface area contributed by atoms with E-state index in [2.05, 4.69) is 67.9 Å². The molecule has 1 aliphatic carbocycles. The third-order valence-corrected chi connectivity index (χ3v) is 5.01. The second kappa shape index (κ2) is 9.59. The van der Waals surface area contributed by atoms with Crippen LogP contribution in [-0.4, -0.2) is 68.1 Å². The Morgan fingerprint density at radius 1 is 1.04 bits per heavy atom. The summed E-state index contributed by atoms with van der Waals surface area (Å²) in [6.07, 6.45) is 6.67. The molecule has 0 amide bonds. The van der Waals surface area contributed by atoms with Crippen LogP contribution >= 0.6 is 0 Å². The molecule has 25 heavy (non-hydrogen) atoms. The van der Waals surface area contributed by atoms with Crippen molar-refractivity contribution in [3.05, 3.63) is 48.0 Å². The molecule has 136 valence electrons. The summed E-state index contributed by atoms with van der Waals surface area (Å²) in [4.78, 5) is 9.42. The molecule has 5 heteroatoms. The Balaban J connectivity index is 1.31. The molecule has 1 heterocycles. The fourth-order valence-electron chi connectivity index (χ4n) is 3.47. The Labute approximate surface area is 151 Å². The highest BCUT2D eigenvalue weighted by molar-refractivity contribution is 5.80. The van der Waals surface area contributed by atoms with Crippen LogP contribution in [0.4, 0.5) is 0 Å². The highest BCUT2D eigenvalue weighted by Gasteiger charge is 2.17. The SMILES string of the molecule is CN=C(NCCN1CCN(Cc2ccccc2)CC1)NC1CC=CC1. The van der Waals surface area contributed by atoms with Crippen LogP contribution in [0.5, 0.6) is 0 Å². The van der Waals surface area contributed by atoms with Gasteiger partial charge >= 0.3 is 0 Å². The Hall–Kier alpha value is -1.85. The van der Waals surface area contributed by atoms with Gasteiger partial charge < -0.3 is 10.6 Å². The smallest absolute Gasteiger partial charge is 0.191 e. The summed E-state index contributed by atoms with van der Waals surface area (Å²) in [7, 11) is 1.85. The van der Waals surface area contributed by atoms with Gasteiger partial charge in [-0.3, -0.25) is 14.8 Å². The first-order chi connectivity index (χ1) is 12.3. The van der Waals surface area contributed by atoms with Crippen molar-refractivity contribution in [3.63, 3.8) is 0 Å². The molecule has 0 unspecified atom stereocenters. The summed E-state index contributed by atoms with van der Waals surface area (Å²) in [5.41, 5.74) is 1.41. The Kier molecular flexibility index (Phi) is 6.89. The molecule has 0 bridgehead atoms. The minimum absolute atomic E-state index is 0.507. The number of hydrogen-bond acceptors (Lipinski definition) is 3. The Bertz CT molecular complexity index is 553. The van der Waals surface area contributed by atoms with E-state index in [4.69, 9.17) is 0 Å². The van der Waals surface area contributed by atoms with E-state index >= 15 is 0 Å². The maximum atomic E-state index is 4.33. The number of aliphatic imine (C=N–C) groups is 1. The molecule has 1 fully saturated rings. The lowest BCUT2D eigenvalue weighted by atomic mass is 10.2. The van der Waals surface area contributed by atoms with Gasteiger partial charge in [0.1, 0.15) is 0 Å². The first-order valence-corrected chi connectivity index (χ1v) is 9.44. The maximum absolute atomic E-state index is 4.33. The summed E-state index contributed by atoms with van der Waals surface area (Å²) in [5.74, 6) is 0.927. The zero-order valence-electron chi connectivity index (χ0n) is 15.3. The van der Waals surface area contributed by atoms with Crippen LogP contribution in [-0.2, 0) is 6.54 Å². The average molecular weight is 342 g/mol. The molecule has 5 nitrogen and oxygen atoms in total. The molecule has 0 saturated carbocycles. The quantitative estimate of drug-likeness (QED) is 0.469. The fourth-order valence-corrected chi connectivity index (χ4v) is 3.47. The molecule has 0 aromatic heterocycles. The van der Waals surface area contributed by atoms with Gasteiger partial charge in [0, 0.05) is 58.9 Å². The number of hydrogen-bond donors (Lipinski definition) is 2. The molecule has 2 N–H and O–H groups in total. The summed E-state index contributed by atoms with van der Waals surface area (Å²) in [6.45, 7) is 7.67. The van der Waals surface area contributed by atoms with E-state index < -0.39 is 0 Å². The average Bonchev–Trinajstić information content (AvgIpc) is 3.16. The number of nitrogens with one attached hydrogen (secondary N) is 2. The van der Waals surface area contributed by atoms with Crippen LogP contribution < -0.4 is 10.6 Å². The van der Waals surface area contributed by atoms with Gasteiger partial charge in [-0.2, -0.15) is 0 Å². The standard InChI is InChI=1S/C20H31N5/c1-21-20(23-19-9-5-6-10-19)22-11-12-24-13-15-25(16-14-24)17-18-7-3-2-4-8-18/h2-8,19H,9-17H2,1H3,(H2,21,22,23). The second-order valence-corrected chi connectivity index (χ2v) is 6.89. The Morgan fingerprint density at radius 2 is 1.72 bits per heavy atom. The van der Waals surface area contributed by atoms with Crippen molar-refractivity contribution in [2.24, 2.45) is 4.99 Å². The third-order valence-electron chi connectivity index (χ3n) is 5.01. The van der Waals surface area contributed by atoms with Gasteiger partial charge in [0.15, 0.2) is 5.96 Å². The molecular formula is C20H31N5. The van der Waals surface area contributed by atoms with Crippen LogP contribution in [0, 0.1) is 0 Å². The molecule has 1 aromatic carbocycles. The highest BCUT2D eigenvalue weighted by Crippen LogP contribution is 2.09. The molecule has 1 aliphatic heterocycles. The lowest BCUT2D eigenvalue weighted by Crippen LogP contribution is -2.49. The van der Waals surface area contributed by atoms with Gasteiger partial charge in [-0.15, -0.1) is 0 Å². The van der Waals surface area contributed by atoms with Gasteiger partial charge in [0.25, 0.3) is 0 Å². The second-order valence-electron chi connectivity index (χ2n) is 6.89. The van der Waals surface area contributed by atoms with Crippen LogP contribution in [0.2, 0.25) is 0 Å². The molecule has 2 aliphatic rings. The minimum Gasteiger partial charge on any atom is -0.355 e. The first kappa shape index (κ1) is 18.0. The number of rotatable bonds is 6. The van der Waals surface area contributed by atoms with Gasteiger partial charge in [0.2, 0.25) is 0 Å². The van der Waals surface area contributed by atoms with E-state index in [0.717, 1.165) is 64.6 Å². The zero-order valence-corrected chi connectivity index (χ0v) is 15.3. The van der Waals surface area contributed by atoms with E-state index in [1.165, 1.54) is 5.56 Å². The predicted molar refractivity (Wildman–Crippen MR) is 105 cm³/mol. The van der Waals surface area contributed by atoms with Crippen molar-refractivity contribution < 1.29 is 0 Å². The first-order valence-electron chi connectivity index (χ1n) is 9.44. The Morgan fingerprint density at radius 3 is 2.40 bits per heavy atom. The van der Waals surface area contributed by atoms with Crippen molar-refractivity contribution in [3.8, 4) is 0 Å². The van der Waals surface area contributed by atoms with Gasteiger partial charge in [-0.25, -0.2) is 0 Å². The van der Waals surface area contributed by atoms with Crippen LogP contribution in [0.25, 0.3) is 0 Å². The van der Waals surface area contributed by atoms with Gasteiger partial charge in [-0.05, 0) is 18.4 Å². The fraction of sp³-hybridized carbons (Fsp3) is 0.550. The molecular weight excluding hydrogens is 310 g/mol. The lowest BCUT2D eigenvalue weighted by Gasteiger charge is -2.34. The predicted octanol–water partition coefficient (Wildman–Crippen LogP) is 1.69. The summed E-state index contributed by atoms with van der Waals surface area (Å²) in [6, 6.07) is 11.3. The number of piperazine rings is 1. The van der Waals surface area contributed by atoms with Crippen molar-refractivity contribution in [1.82, 2.24) is 20.4 Å². The lowest BCUT2D eigenvalue weighted by molar-refractivity contribution is 0.129. The molecule has 0 spiro atoms. The highest BCUT2D eigenvalue weighted by atomic mass is 15.3. The van der Waals surface area contributed by atoms with Crippen molar-refractivity contribution in [1.29, 1.82) is 0 Å². The van der Waals surface area contributed by atoms with Crippen molar-refractivity contribution in [2.45, 2.75) is 25.4 Å². The molecule has 1 aromatic rings. The van der Waals surface area contributed by atoms with Gasteiger partial charge in [-0.1, -0.05) is 42.5 Å². The monoisotopic (exact) mass is 341 g/mol. The van der Waals surface area contributed by atoms with E-state index in [0.29, 0.717) is 6.04 Å². The summed E-state index contributed by atoms with van der Waals surface area (Å²) >= 11 is 0. The molecule has 0 radical (unpaired) electrons. The zero-order chi connectivity index (χ0) is 17.3. The van der Waals surface area contributed by atoms with Crippen LogP contribution in [0.3, 0.4) is 0 Å². The molecule has 3 rings (SSSR count). The van der Waals surface area contributed by atoms with E-state index in [-0.39, 0.29) is 0 Å². The van der Waals surface area contributed by atoms with Crippen LogP contribution in [0.1, 0.15) is 18.4 Å². The number of guanidine groups is 1. The van der Waals surface area contributed by atoms with Crippen molar-refractivity contribution in [2.75, 3.05) is 46.3 Å². The third kappa shape index (κ3) is 5.87. The summed E-state index contributed by atoms with van der Waals surface area (Å²) in [5, 5.41) is 6.94. The van der Waals surface area contributed by atoms with Gasteiger partial charge in [0.05, 0.1) is 0 Å². The minimum atomic E-state index is 0.507. The van der Waals surface area contributed by atoms with E-state index in [1.807, 2.05) is 7.05 Å². The topological polar surface area (TPSA) is 42.9 Å². The van der Waals surface area contributed by atoms with E-state index in [1.54, 1.807) is 0 Å². The summed E-state index contributed by atoms with van der Waals surface area (Å²) < 4.78 is 0. The number of benzene rings is 1. The van der Waals surface area contributed by atoms with Crippen molar-refractivity contribution >= 4 is 5.96 Å². The molecule has 1 saturated heterocycles.